The summed E-state index contributed by atoms with van der Waals surface area (Å²) in [5.41, 5.74) is 2.54. The van der Waals surface area contributed by atoms with Crippen LogP contribution in [0.25, 0.3) is 5.52 Å². The minimum absolute atomic E-state index is 0.729. The zero-order valence-corrected chi connectivity index (χ0v) is 13.1. The fourth-order valence-corrected chi connectivity index (χ4v) is 3.67. The Morgan fingerprint density at radius 2 is 2.09 bits per heavy atom. The Labute approximate surface area is 131 Å². The highest BCUT2D eigenvalue weighted by Gasteiger charge is 2.17. The predicted molar refractivity (Wildman–Crippen MR) is 89.6 cm³/mol. The number of piperidine rings is 1. The van der Waals surface area contributed by atoms with E-state index in [0.717, 1.165) is 45.1 Å². The van der Waals surface area contributed by atoms with E-state index in [9.17, 15) is 0 Å². The molecule has 0 aliphatic carbocycles. The molecule has 2 aromatic heterocycles. The van der Waals surface area contributed by atoms with Crippen molar-refractivity contribution in [3.63, 3.8) is 0 Å². The van der Waals surface area contributed by atoms with Crippen LogP contribution in [0.5, 0.6) is 0 Å². The molecule has 0 bridgehead atoms. The molecule has 2 fully saturated rings. The van der Waals surface area contributed by atoms with Gasteiger partial charge in [-0.25, -0.2) is 4.98 Å². The van der Waals surface area contributed by atoms with Crippen molar-refractivity contribution in [3.05, 3.63) is 30.4 Å². The second-order valence-corrected chi connectivity index (χ2v) is 6.51. The Morgan fingerprint density at radius 1 is 1.18 bits per heavy atom. The van der Waals surface area contributed by atoms with Gasteiger partial charge in [0.25, 0.3) is 0 Å². The highest BCUT2D eigenvalue weighted by molar-refractivity contribution is 5.59. The molecule has 2 aliphatic heterocycles. The predicted octanol–water partition coefficient (Wildman–Crippen LogP) is 1.29. The van der Waals surface area contributed by atoms with Gasteiger partial charge in [-0.15, -0.1) is 0 Å². The number of hydrogen-bond donors (Lipinski definition) is 2. The lowest BCUT2D eigenvalue weighted by atomic mass is 9.96. The van der Waals surface area contributed by atoms with Gasteiger partial charge in [0.05, 0.1) is 11.7 Å². The zero-order valence-electron chi connectivity index (χ0n) is 13.1. The molecule has 0 radical (unpaired) electrons. The summed E-state index contributed by atoms with van der Waals surface area (Å²) in [5.74, 6) is 1.93. The monoisotopic (exact) mass is 299 g/mol. The number of fused-ring (bicyclic) bond motifs is 1. The van der Waals surface area contributed by atoms with E-state index in [1.807, 2.05) is 6.20 Å². The van der Waals surface area contributed by atoms with Crippen LogP contribution in [0.3, 0.4) is 0 Å². The Hall–Kier alpha value is -1.59. The summed E-state index contributed by atoms with van der Waals surface area (Å²) < 4.78 is 2.26. The summed E-state index contributed by atoms with van der Waals surface area (Å²) in [6.07, 6.45) is 7.92. The van der Waals surface area contributed by atoms with Crippen molar-refractivity contribution in [2.45, 2.75) is 19.3 Å². The normalized spacial score (nSPS) is 23.1. The molecule has 2 aromatic rings. The standard InChI is InChI=1S/C17H25N5/c1-2-14(12-19-4-1)10-17-20-13-16-11-15(3-7-22(16)17)21-8-5-18-6-9-21/h3,7,11,13-14,18-19H,1-2,4-6,8-10,12H2. The van der Waals surface area contributed by atoms with Crippen molar-refractivity contribution in [2.75, 3.05) is 44.2 Å². The van der Waals surface area contributed by atoms with Gasteiger partial charge in [0.1, 0.15) is 5.82 Å². The second-order valence-electron chi connectivity index (χ2n) is 6.51. The van der Waals surface area contributed by atoms with Crippen LogP contribution in [-0.4, -0.2) is 48.7 Å². The third-order valence-electron chi connectivity index (χ3n) is 4.94. The van der Waals surface area contributed by atoms with Crippen molar-refractivity contribution in [1.29, 1.82) is 0 Å². The Balaban J connectivity index is 1.54. The van der Waals surface area contributed by atoms with Gasteiger partial charge in [-0.2, -0.15) is 0 Å². The van der Waals surface area contributed by atoms with Crippen LogP contribution >= 0.6 is 0 Å². The number of piperazine rings is 1. The topological polar surface area (TPSA) is 44.6 Å². The molecule has 0 spiro atoms. The van der Waals surface area contributed by atoms with Crippen molar-refractivity contribution >= 4 is 11.2 Å². The van der Waals surface area contributed by atoms with Gasteiger partial charge in [0.2, 0.25) is 0 Å². The van der Waals surface area contributed by atoms with Gasteiger partial charge in [-0.1, -0.05) is 0 Å². The van der Waals surface area contributed by atoms with Crippen molar-refractivity contribution in [1.82, 2.24) is 20.0 Å². The highest BCUT2D eigenvalue weighted by atomic mass is 15.2. The van der Waals surface area contributed by atoms with E-state index in [2.05, 4.69) is 43.2 Å². The first-order valence-corrected chi connectivity index (χ1v) is 8.52. The van der Waals surface area contributed by atoms with Gasteiger partial charge in [0, 0.05) is 44.5 Å². The Bertz CT molecular complexity index is 623. The number of aromatic nitrogens is 2. The van der Waals surface area contributed by atoms with E-state index < -0.39 is 0 Å². The molecule has 0 amide bonds. The van der Waals surface area contributed by atoms with E-state index >= 15 is 0 Å². The molecule has 1 unspecified atom stereocenters. The van der Waals surface area contributed by atoms with Crippen LogP contribution in [0.2, 0.25) is 0 Å². The maximum Gasteiger partial charge on any atom is 0.113 e. The fourth-order valence-electron chi connectivity index (χ4n) is 3.67. The highest BCUT2D eigenvalue weighted by Crippen LogP contribution is 2.21. The second kappa shape index (κ2) is 6.26. The average Bonchev–Trinajstić information content (AvgIpc) is 2.99. The number of anilines is 1. The number of nitrogens with one attached hydrogen (secondary N) is 2. The summed E-state index contributed by atoms with van der Waals surface area (Å²) in [7, 11) is 0. The van der Waals surface area contributed by atoms with Crippen molar-refractivity contribution < 1.29 is 0 Å². The molecule has 5 nitrogen and oxygen atoms in total. The van der Waals surface area contributed by atoms with Crippen molar-refractivity contribution in [3.8, 4) is 0 Å². The van der Waals surface area contributed by atoms with E-state index in [-0.39, 0.29) is 0 Å². The van der Waals surface area contributed by atoms with Crippen LogP contribution in [0.15, 0.2) is 24.5 Å². The van der Waals surface area contributed by atoms with E-state index in [1.54, 1.807) is 0 Å². The molecule has 2 saturated heterocycles. The lowest BCUT2D eigenvalue weighted by molar-refractivity contribution is 0.370. The lowest BCUT2D eigenvalue weighted by Gasteiger charge is -2.29. The van der Waals surface area contributed by atoms with Gasteiger partial charge in [-0.3, -0.25) is 0 Å². The quantitative estimate of drug-likeness (QED) is 0.896. The molecule has 0 saturated carbocycles. The van der Waals surface area contributed by atoms with E-state index in [1.165, 1.54) is 36.4 Å². The third kappa shape index (κ3) is 2.83. The SMILES string of the molecule is c1cn2c(CC3CCCNC3)ncc2cc1N1CCNCC1. The van der Waals surface area contributed by atoms with Gasteiger partial charge < -0.3 is 19.9 Å². The third-order valence-corrected chi connectivity index (χ3v) is 4.94. The molecule has 2 aliphatic rings. The summed E-state index contributed by atoms with van der Waals surface area (Å²) in [6, 6.07) is 4.52. The van der Waals surface area contributed by atoms with Crippen LogP contribution in [0.4, 0.5) is 5.69 Å². The maximum absolute atomic E-state index is 4.68. The van der Waals surface area contributed by atoms with Crippen LogP contribution < -0.4 is 15.5 Å². The number of hydrogen-bond acceptors (Lipinski definition) is 4. The Kier molecular flexibility index (Phi) is 3.99. The van der Waals surface area contributed by atoms with Gasteiger partial charge >= 0.3 is 0 Å². The lowest BCUT2D eigenvalue weighted by Crippen LogP contribution is -2.43. The summed E-state index contributed by atoms with van der Waals surface area (Å²) in [6.45, 7) is 6.63. The first-order valence-electron chi connectivity index (χ1n) is 8.52. The largest absolute Gasteiger partial charge is 0.369 e. The smallest absolute Gasteiger partial charge is 0.113 e. The molecule has 1 atom stereocenters. The molecular weight excluding hydrogens is 274 g/mol. The van der Waals surface area contributed by atoms with Gasteiger partial charge in [0.15, 0.2) is 0 Å². The van der Waals surface area contributed by atoms with Crippen LogP contribution in [-0.2, 0) is 6.42 Å². The molecule has 5 heteroatoms. The summed E-state index contributed by atoms with van der Waals surface area (Å²) in [4.78, 5) is 7.13. The summed E-state index contributed by atoms with van der Waals surface area (Å²) >= 11 is 0. The first-order chi connectivity index (χ1) is 10.9. The maximum atomic E-state index is 4.68. The molecule has 4 rings (SSSR count). The zero-order chi connectivity index (χ0) is 14.8. The van der Waals surface area contributed by atoms with E-state index in [4.69, 9.17) is 0 Å². The number of imidazole rings is 1. The minimum atomic E-state index is 0.729. The molecule has 4 heterocycles. The molecule has 118 valence electrons. The van der Waals surface area contributed by atoms with Crippen LogP contribution in [0, 0.1) is 5.92 Å². The van der Waals surface area contributed by atoms with Crippen molar-refractivity contribution in [2.24, 2.45) is 5.92 Å². The fraction of sp³-hybridized carbons (Fsp3) is 0.588. The summed E-state index contributed by atoms with van der Waals surface area (Å²) in [5, 5.41) is 6.90. The molecule has 0 aromatic carbocycles. The van der Waals surface area contributed by atoms with Gasteiger partial charge in [-0.05, 0) is 44.0 Å². The number of nitrogens with zero attached hydrogens (tertiary/aromatic N) is 3. The number of pyridine rings is 1. The molecule has 2 N–H and O–H groups in total. The molecular formula is C17H25N5. The first kappa shape index (κ1) is 14.0. The molecule has 22 heavy (non-hydrogen) atoms. The van der Waals surface area contributed by atoms with Crippen LogP contribution in [0.1, 0.15) is 18.7 Å². The Morgan fingerprint density at radius 3 is 2.91 bits per heavy atom. The van der Waals surface area contributed by atoms with E-state index in [0.29, 0.717) is 0 Å². The average molecular weight is 299 g/mol. The minimum Gasteiger partial charge on any atom is -0.369 e. The number of rotatable bonds is 3.